The monoisotopic (exact) mass is 268 g/mol. The van der Waals surface area contributed by atoms with Gasteiger partial charge in [-0.2, -0.15) is 0 Å². The van der Waals surface area contributed by atoms with Crippen LogP contribution in [0.25, 0.3) is 0 Å². The molecule has 1 saturated heterocycles. The fourth-order valence-electron chi connectivity index (χ4n) is 2.24. The maximum atomic E-state index is 12.3. The van der Waals surface area contributed by atoms with Crippen molar-refractivity contribution < 1.29 is 14.3 Å². The Balaban J connectivity index is 1.71. The van der Waals surface area contributed by atoms with E-state index in [4.69, 9.17) is 9.47 Å². The standard InChI is InChI=1S/C17H16O3/c1-11-3-5-12(6-4-11)15(18)17-16(20-17)13-7-9-14(19-2)10-8-13/h3-10,16-17H,1-2H3/t16-,17+/m0/s1. The summed E-state index contributed by atoms with van der Waals surface area (Å²) in [6.45, 7) is 2.00. The van der Waals surface area contributed by atoms with E-state index in [1.165, 1.54) is 0 Å². The number of hydrogen-bond donors (Lipinski definition) is 0. The molecule has 0 amide bonds. The molecule has 20 heavy (non-hydrogen) atoms. The van der Waals surface area contributed by atoms with Crippen molar-refractivity contribution in [3.8, 4) is 5.75 Å². The second kappa shape index (κ2) is 5.10. The van der Waals surface area contributed by atoms with Gasteiger partial charge in [-0.1, -0.05) is 42.0 Å². The van der Waals surface area contributed by atoms with Crippen molar-refractivity contribution in [2.45, 2.75) is 19.1 Å². The van der Waals surface area contributed by atoms with Crippen molar-refractivity contribution in [2.75, 3.05) is 7.11 Å². The first-order valence-electron chi connectivity index (χ1n) is 6.59. The van der Waals surface area contributed by atoms with Crippen LogP contribution in [0.1, 0.15) is 27.6 Å². The van der Waals surface area contributed by atoms with Gasteiger partial charge < -0.3 is 9.47 Å². The molecular weight excluding hydrogens is 252 g/mol. The van der Waals surface area contributed by atoms with Crippen LogP contribution in [0.15, 0.2) is 48.5 Å². The van der Waals surface area contributed by atoms with Gasteiger partial charge >= 0.3 is 0 Å². The highest BCUT2D eigenvalue weighted by Crippen LogP contribution is 2.41. The molecule has 1 aliphatic heterocycles. The van der Waals surface area contributed by atoms with Crippen molar-refractivity contribution in [1.29, 1.82) is 0 Å². The van der Waals surface area contributed by atoms with Gasteiger partial charge in [-0.3, -0.25) is 4.79 Å². The van der Waals surface area contributed by atoms with Crippen molar-refractivity contribution in [3.63, 3.8) is 0 Å². The first kappa shape index (κ1) is 12.9. The molecule has 2 aromatic rings. The number of aryl methyl sites for hydroxylation is 1. The predicted molar refractivity (Wildman–Crippen MR) is 76.1 cm³/mol. The minimum absolute atomic E-state index is 0.0471. The van der Waals surface area contributed by atoms with E-state index in [1.807, 2.05) is 55.5 Å². The van der Waals surface area contributed by atoms with Gasteiger partial charge in [0.15, 0.2) is 11.9 Å². The zero-order chi connectivity index (χ0) is 14.1. The third-order valence-electron chi connectivity index (χ3n) is 3.53. The van der Waals surface area contributed by atoms with Gasteiger partial charge in [0.1, 0.15) is 11.9 Å². The van der Waals surface area contributed by atoms with Crippen LogP contribution in [0.5, 0.6) is 5.75 Å². The van der Waals surface area contributed by atoms with Crippen LogP contribution in [0.4, 0.5) is 0 Å². The van der Waals surface area contributed by atoms with Gasteiger partial charge in [0.25, 0.3) is 0 Å². The summed E-state index contributed by atoms with van der Waals surface area (Å²) in [4.78, 5) is 12.3. The lowest BCUT2D eigenvalue weighted by molar-refractivity contribution is 0.0953. The van der Waals surface area contributed by atoms with Crippen molar-refractivity contribution in [1.82, 2.24) is 0 Å². The van der Waals surface area contributed by atoms with Crippen molar-refractivity contribution >= 4 is 5.78 Å². The van der Waals surface area contributed by atoms with E-state index in [9.17, 15) is 4.79 Å². The number of ether oxygens (including phenoxy) is 2. The zero-order valence-electron chi connectivity index (χ0n) is 11.5. The van der Waals surface area contributed by atoms with Crippen LogP contribution in [-0.2, 0) is 4.74 Å². The van der Waals surface area contributed by atoms with Gasteiger partial charge in [0.2, 0.25) is 0 Å². The van der Waals surface area contributed by atoms with Crippen LogP contribution < -0.4 is 4.74 Å². The Labute approximate surface area is 118 Å². The van der Waals surface area contributed by atoms with Crippen molar-refractivity contribution in [2.24, 2.45) is 0 Å². The van der Waals surface area contributed by atoms with Gasteiger partial charge in [-0.25, -0.2) is 0 Å². The third-order valence-corrected chi connectivity index (χ3v) is 3.53. The second-order valence-electron chi connectivity index (χ2n) is 4.98. The highest BCUT2D eigenvalue weighted by molar-refractivity contribution is 6.01. The smallest absolute Gasteiger partial charge is 0.194 e. The van der Waals surface area contributed by atoms with Crippen LogP contribution in [0, 0.1) is 6.92 Å². The summed E-state index contributed by atoms with van der Waals surface area (Å²) in [5.41, 5.74) is 2.86. The number of benzene rings is 2. The molecule has 1 fully saturated rings. The summed E-state index contributed by atoms with van der Waals surface area (Å²) in [5.74, 6) is 0.849. The Morgan fingerprint density at radius 1 is 1.05 bits per heavy atom. The Kier molecular flexibility index (Phi) is 3.28. The first-order chi connectivity index (χ1) is 9.69. The summed E-state index contributed by atoms with van der Waals surface area (Å²) in [5, 5.41) is 0. The summed E-state index contributed by atoms with van der Waals surface area (Å²) in [6, 6.07) is 15.2. The van der Waals surface area contributed by atoms with E-state index in [-0.39, 0.29) is 18.0 Å². The van der Waals surface area contributed by atoms with E-state index in [0.717, 1.165) is 16.9 Å². The van der Waals surface area contributed by atoms with Crippen molar-refractivity contribution in [3.05, 3.63) is 65.2 Å². The average molecular weight is 268 g/mol. The second-order valence-corrected chi connectivity index (χ2v) is 4.98. The number of rotatable bonds is 4. The van der Waals surface area contributed by atoms with Crippen LogP contribution in [-0.4, -0.2) is 19.0 Å². The van der Waals surface area contributed by atoms with E-state index in [2.05, 4.69) is 0 Å². The SMILES string of the molecule is COc1ccc([C@@H]2O[C@@H]2C(=O)c2ccc(C)cc2)cc1. The molecule has 0 N–H and O–H groups in total. The quantitative estimate of drug-likeness (QED) is 0.630. The normalized spacial score (nSPS) is 20.5. The lowest BCUT2D eigenvalue weighted by Gasteiger charge is -2.01. The van der Waals surface area contributed by atoms with Crippen LogP contribution in [0.2, 0.25) is 0 Å². The fourth-order valence-corrected chi connectivity index (χ4v) is 2.24. The molecule has 0 radical (unpaired) electrons. The number of carbonyl (C=O) groups is 1. The van der Waals surface area contributed by atoms with Gasteiger partial charge in [-0.05, 0) is 24.6 Å². The number of ketones is 1. The maximum Gasteiger partial charge on any atom is 0.194 e. The van der Waals surface area contributed by atoms with Gasteiger partial charge in [-0.15, -0.1) is 0 Å². The highest BCUT2D eigenvalue weighted by atomic mass is 16.6. The highest BCUT2D eigenvalue weighted by Gasteiger charge is 2.46. The van der Waals surface area contributed by atoms with E-state index >= 15 is 0 Å². The summed E-state index contributed by atoms with van der Waals surface area (Å²) in [6.07, 6.45) is -0.485. The molecule has 3 nitrogen and oxygen atoms in total. The lowest BCUT2D eigenvalue weighted by Crippen LogP contribution is -2.08. The molecule has 0 unspecified atom stereocenters. The van der Waals surface area contributed by atoms with E-state index in [1.54, 1.807) is 7.11 Å². The molecule has 3 heteroatoms. The number of carbonyl (C=O) groups excluding carboxylic acids is 1. The lowest BCUT2D eigenvalue weighted by atomic mass is 10.0. The van der Waals surface area contributed by atoms with Gasteiger partial charge in [0, 0.05) is 5.56 Å². The molecule has 0 spiro atoms. The largest absolute Gasteiger partial charge is 0.497 e. The Hall–Kier alpha value is -2.13. The number of hydrogen-bond acceptors (Lipinski definition) is 3. The Morgan fingerprint density at radius 3 is 2.30 bits per heavy atom. The van der Waals surface area contributed by atoms with Crippen LogP contribution >= 0.6 is 0 Å². The third kappa shape index (κ3) is 2.45. The zero-order valence-corrected chi connectivity index (χ0v) is 11.5. The molecule has 0 bridgehead atoms. The Morgan fingerprint density at radius 2 is 1.70 bits per heavy atom. The Bertz CT molecular complexity index is 614. The fraction of sp³-hybridized carbons (Fsp3) is 0.235. The van der Waals surface area contributed by atoms with E-state index in [0.29, 0.717) is 5.56 Å². The van der Waals surface area contributed by atoms with E-state index < -0.39 is 0 Å². The summed E-state index contributed by atoms with van der Waals surface area (Å²) in [7, 11) is 1.63. The topological polar surface area (TPSA) is 38.8 Å². The molecule has 0 saturated carbocycles. The number of methoxy groups -OCH3 is 1. The minimum atomic E-state index is -0.355. The molecule has 2 atom stereocenters. The van der Waals surface area contributed by atoms with Crippen LogP contribution in [0.3, 0.4) is 0 Å². The molecule has 0 aromatic heterocycles. The summed E-state index contributed by atoms with van der Waals surface area (Å²) < 4.78 is 10.6. The molecular formula is C17H16O3. The molecule has 0 aliphatic carbocycles. The molecule has 102 valence electrons. The minimum Gasteiger partial charge on any atom is -0.497 e. The summed E-state index contributed by atoms with van der Waals surface area (Å²) >= 11 is 0. The van der Waals surface area contributed by atoms with Gasteiger partial charge in [0.05, 0.1) is 7.11 Å². The average Bonchev–Trinajstić information content (AvgIpc) is 3.28. The predicted octanol–water partition coefficient (Wildman–Crippen LogP) is 3.33. The number of Topliss-reactive ketones (excluding diaryl/α,β-unsaturated/α-hetero) is 1. The molecule has 1 aliphatic rings. The molecule has 3 rings (SSSR count). The molecule has 2 aromatic carbocycles. The molecule has 1 heterocycles. The first-order valence-corrected chi connectivity index (χ1v) is 6.59. The number of epoxide rings is 1. The maximum absolute atomic E-state index is 12.3.